The van der Waals surface area contributed by atoms with Crippen molar-refractivity contribution in [1.29, 1.82) is 0 Å². The van der Waals surface area contributed by atoms with Gasteiger partial charge >= 0.3 is 12.1 Å². The van der Waals surface area contributed by atoms with Crippen LogP contribution in [0.1, 0.15) is 16.8 Å². The summed E-state index contributed by atoms with van der Waals surface area (Å²) in [6, 6.07) is 16.5. The maximum Gasteiger partial charge on any atom is 0.408 e. The number of aromatic amines is 1. The predicted octanol–water partition coefficient (Wildman–Crippen LogP) is 2.15. The number of H-pyrrole nitrogens is 1. The van der Waals surface area contributed by atoms with E-state index in [4.69, 9.17) is 9.47 Å². The Morgan fingerprint density at radius 2 is 1.58 bits per heavy atom. The maximum absolute atomic E-state index is 13.1. The third-order valence-electron chi connectivity index (χ3n) is 4.89. The van der Waals surface area contributed by atoms with E-state index in [1.165, 1.54) is 13.4 Å². The maximum atomic E-state index is 13.1. The minimum Gasteiger partial charge on any atom is -0.467 e. The number of hydrogen-bond acceptors (Lipinski definition) is 6. The number of esters is 1. The molecule has 9 heteroatoms. The van der Waals surface area contributed by atoms with Crippen LogP contribution in [-0.4, -0.2) is 47.1 Å². The molecule has 0 spiro atoms. The number of carbonyl (C=O) groups is 3. The lowest BCUT2D eigenvalue weighted by Crippen LogP contribution is -2.53. The minimum atomic E-state index is -0.968. The van der Waals surface area contributed by atoms with Crippen LogP contribution in [0.2, 0.25) is 0 Å². The minimum absolute atomic E-state index is 0.0664. The fourth-order valence-corrected chi connectivity index (χ4v) is 3.19. The molecule has 3 aromatic rings. The van der Waals surface area contributed by atoms with Gasteiger partial charge in [0.1, 0.15) is 18.7 Å². The van der Waals surface area contributed by atoms with Gasteiger partial charge < -0.3 is 25.1 Å². The van der Waals surface area contributed by atoms with Crippen molar-refractivity contribution < 1.29 is 23.9 Å². The second-order valence-corrected chi connectivity index (χ2v) is 7.31. The number of nitrogens with zero attached hydrogens (tertiary/aromatic N) is 1. The quantitative estimate of drug-likeness (QED) is 0.407. The van der Waals surface area contributed by atoms with Crippen LogP contribution in [0.5, 0.6) is 0 Å². The van der Waals surface area contributed by atoms with Gasteiger partial charge in [0.2, 0.25) is 5.91 Å². The molecule has 0 aliphatic carbocycles. The summed E-state index contributed by atoms with van der Waals surface area (Å²) in [7, 11) is 1.25. The van der Waals surface area contributed by atoms with Gasteiger partial charge in [0.25, 0.3) is 0 Å². The molecule has 9 nitrogen and oxygen atoms in total. The van der Waals surface area contributed by atoms with E-state index in [1.54, 1.807) is 6.20 Å². The summed E-state index contributed by atoms with van der Waals surface area (Å²) >= 11 is 0. The molecule has 0 fully saturated rings. The van der Waals surface area contributed by atoms with Crippen LogP contribution in [0, 0.1) is 0 Å². The molecule has 1 heterocycles. The Bertz CT molecular complexity index is 1030. The highest BCUT2D eigenvalue weighted by Gasteiger charge is 2.28. The predicted molar refractivity (Wildman–Crippen MR) is 120 cm³/mol. The van der Waals surface area contributed by atoms with Crippen molar-refractivity contribution in [3.63, 3.8) is 0 Å². The Labute approximate surface area is 191 Å². The van der Waals surface area contributed by atoms with E-state index in [9.17, 15) is 14.4 Å². The highest BCUT2D eigenvalue weighted by atomic mass is 16.5. The van der Waals surface area contributed by atoms with Gasteiger partial charge in [-0.15, -0.1) is 0 Å². The average Bonchev–Trinajstić information content (AvgIpc) is 3.36. The van der Waals surface area contributed by atoms with Crippen molar-refractivity contribution in [3.8, 4) is 0 Å². The Morgan fingerprint density at radius 3 is 2.18 bits per heavy atom. The van der Waals surface area contributed by atoms with Crippen LogP contribution < -0.4 is 10.6 Å². The van der Waals surface area contributed by atoms with E-state index in [-0.39, 0.29) is 19.4 Å². The Kier molecular flexibility index (Phi) is 8.58. The summed E-state index contributed by atoms with van der Waals surface area (Å²) in [6.45, 7) is 0.0664. The van der Waals surface area contributed by atoms with Crippen LogP contribution in [0.25, 0.3) is 0 Å². The summed E-state index contributed by atoms with van der Waals surface area (Å²) in [5.41, 5.74) is 2.31. The van der Waals surface area contributed by atoms with Crippen molar-refractivity contribution >= 4 is 18.0 Å². The van der Waals surface area contributed by atoms with E-state index in [2.05, 4.69) is 20.6 Å². The molecule has 172 valence electrons. The number of imidazole rings is 1. The normalized spacial score (nSPS) is 12.3. The molecule has 3 N–H and O–H groups in total. The van der Waals surface area contributed by atoms with E-state index in [0.29, 0.717) is 5.69 Å². The standard InChI is InChI=1S/C24H26N4O5/c1-32-23(30)21(13-19-14-25-16-26-19)27-22(29)20(12-17-8-4-2-5-9-17)28-24(31)33-15-18-10-6-3-7-11-18/h2-11,14,16,20-21H,12-13,15H2,1H3,(H,25,26)(H,27,29)(H,28,31)/t20-,21-/m0/s1. The number of benzene rings is 2. The first-order valence-electron chi connectivity index (χ1n) is 10.4. The van der Waals surface area contributed by atoms with Crippen molar-refractivity contribution in [2.24, 2.45) is 0 Å². The molecule has 1 aromatic heterocycles. The molecular weight excluding hydrogens is 424 g/mol. The van der Waals surface area contributed by atoms with Gasteiger partial charge in [-0.2, -0.15) is 0 Å². The van der Waals surface area contributed by atoms with Gasteiger partial charge in [0.15, 0.2) is 0 Å². The first-order chi connectivity index (χ1) is 16.0. The van der Waals surface area contributed by atoms with Crippen molar-refractivity contribution in [3.05, 3.63) is 90.0 Å². The van der Waals surface area contributed by atoms with E-state index < -0.39 is 30.1 Å². The lowest BCUT2D eigenvalue weighted by molar-refractivity contribution is -0.145. The molecule has 2 atom stereocenters. The molecule has 0 aliphatic heterocycles. The zero-order chi connectivity index (χ0) is 23.5. The van der Waals surface area contributed by atoms with Crippen LogP contribution in [0.15, 0.2) is 73.2 Å². The number of alkyl carbamates (subject to hydrolysis) is 1. The fourth-order valence-electron chi connectivity index (χ4n) is 3.19. The lowest BCUT2D eigenvalue weighted by atomic mass is 10.0. The molecule has 33 heavy (non-hydrogen) atoms. The smallest absolute Gasteiger partial charge is 0.408 e. The molecule has 0 unspecified atom stereocenters. The summed E-state index contributed by atoms with van der Waals surface area (Å²) in [6.07, 6.45) is 2.68. The fraction of sp³-hybridized carbons (Fsp3) is 0.250. The van der Waals surface area contributed by atoms with E-state index in [1.807, 2.05) is 60.7 Å². The van der Waals surface area contributed by atoms with Gasteiger partial charge in [-0.05, 0) is 11.1 Å². The Balaban J connectivity index is 1.69. The molecule has 2 amide bonds. The van der Waals surface area contributed by atoms with Crippen molar-refractivity contribution in [1.82, 2.24) is 20.6 Å². The summed E-state index contributed by atoms with van der Waals surface area (Å²) in [5, 5.41) is 5.29. The van der Waals surface area contributed by atoms with Crippen molar-refractivity contribution in [2.75, 3.05) is 7.11 Å². The molecule has 0 bridgehead atoms. The van der Waals surface area contributed by atoms with E-state index >= 15 is 0 Å². The number of aromatic nitrogens is 2. The number of hydrogen-bond donors (Lipinski definition) is 3. The number of amides is 2. The first kappa shape index (κ1) is 23.5. The molecule has 2 aromatic carbocycles. The number of carbonyl (C=O) groups excluding carboxylic acids is 3. The monoisotopic (exact) mass is 450 g/mol. The third-order valence-corrected chi connectivity index (χ3v) is 4.89. The average molecular weight is 450 g/mol. The summed E-state index contributed by atoms with van der Waals surface area (Å²) in [4.78, 5) is 44.6. The second kappa shape index (κ2) is 12.0. The van der Waals surface area contributed by atoms with Crippen LogP contribution in [0.4, 0.5) is 4.79 Å². The highest BCUT2D eigenvalue weighted by molar-refractivity contribution is 5.90. The number of nitrogens with one attached hydrogen (secondary N) is 3. The van der Waals surface area contributed by atoms with Gasteiger partial charge in [0.05, 0.1) is 13.4 Å². The Hall–Kier alpha value is -4.14. The Morgan fingerprint density at radius 1 is 0.909 bits per heavy atom. The van der Waals surface area contributed by atoms with Crippen LogP contribution in [-0.2, 0) is 38.5 Å². The zero-order valence-electron chi connectivity index (χ0n) is 18.2. The molecule has 0 saturated heterocycles. The van der Waals surface area contributed by atoms with Gasteiger partial charge in [0, 0.05) is 24.7 Å². The zero-order valence-corrected chi connectivity index (χ0v) is 18.2. The molecule has 0 saturated carbocycles. The molecular formula is C24H26N4O5. The number of ether oxygens (including phenoxy) is 2. The van der Waals surface area contributed by atoms with Crippen LogP contribution >= 0.6 is 0 Å². The largest absolute Gasteiger partial charge is 0.467 e. The molecule has 0 aliphatic rings. The summed E-state index contributed by atoms with van der Waals surface area (Å²) in [5.74, 6) is -1.14. The van der Waals surface area contributed by atoms with Crippen molar-refractivity contribution in [2.45, 2.75) is 31.5 Å². The van der Waals surface area contributed by atoms with Gasteiger partial charge in [-0.1, -0.05) is 60.7 Å². The third kappa shape index (κ3) is 7.49. The van der Waals surface area contributed by atoms with Gasteiger partial charge in [-0.3, -0.25) is 4.79 Å². The van der Waals surface area contributed by atoms with E-state index in [0.717, 1.165) is 11.1 Å². The molecule has 0 radical (unpaired) electrons. The second-order valence-electron chi connectivity index (χ2n) is 7.31. The SMILES string of the molecule is COC(=O)[C@H](Cc1cnc[nH]1)NC(=O)[C@H](Cc1ccccc1)NC(=O)OCc1ccccc1. The highest BCUT2D eigenvalue weighted by Crippen LogP contribution is 2.07. The number of rotatable bonds is 10. The molecule has 3 rings (SSSR count). The van der Waals surface area contributed by atoms with Crippen LogP contribution in [0.3, 0.4) is 0 Å². The topological polar surface area (TPSA) is 122 Å². The number of methoxy groups -OCH3 is 1. The summed E-state index contributed by atoms with van der Waals surface area (Å²) < 4.78 is 10.1. The van der Waals surface area contributed by atoms with Gasteiger partial charge in [-0.25, -0.2) is 14.6 Å². The first-order valence-corrected chi connectivity index (χ1v) is 10.4. The lowest BCUT2D eigenvalue weighted by Gasteiger charge is -2.22.